The van der Waals surface area contributed by atoms with Crippen molar-refractivity contribution in [3.63, 3.8) is 0 Å². The summed E-state index contributed by atoms with van der Waals surface area (Å²) in [6, 6.07) is 7.34. The molecular weight excluding hydrogens is 276 g/mol. The standard InChI is InChI=1S/C13H12N4O4/c1-8-9(4-2-6-11(8)17(20)21)12(18)15-16-13(19)10-5-3-7-14-10/h2-7,14H,1H3,(H,15,18)(H,16,19). The lowest BCUT2D eigenvalue weighted by atomic mass is 10.1. The summed E-state index contributed by atoms with van der Waals surface area (Å²) in [6.07, 6.45) is 1.57. The molecule has 8 heteroatoms. The lowest BCUT2D eigenvalue weighted by Gasteiger charge is -2.08. The van der Waals surface area contributed by atoms with Gasteiger partial charge in [-0.15, -0.1) is 0 Å². The Morgan fingerprint density at radius 1 is 1.14 bits per heavy atom. The first-order chi connectivity index (χ1) is 10.0. The number of aromatic amines is 1. The Bertz CT molecular complexity index is 694. The van der Waals surface area contributed by atoms with E-state index in [2.05, 4.69) is 15.8 Å². The molecule has 2 rings (SSSR count). The van der Waals surface area contributed by atoms with E-state index >= 15 is 0 Å². The average Bonchev–Trinajstić information content (AvgIpc) is 2.98. The molecule has 2 amide bonds. The van der Waals surface area contributed by atoms with E-state index in [1.165, 1.54) is 25.1 Å². The van der Waals surface area contributed by atoms with Crippen LogP contribution in [0.3, 0.4) is 0 Å². The summed E-state index contributed by atoms with van der Waals surface area (Å²) < 4.78 is 0. The third-order valence-corrected chi connectivity index (χ3v) is 2.88. The molecule has 0 spiro atoms. The maximum absolute atomic E-state index is 12.0. The second kappa shape index (κ2) is 5.87. The number of nitro groups is 1. The van der Waals surface area contributed by atoms with Crippen LogP contribution in [0, 0.1) is 17.0 Å². The predicted octanol–water partition coefficient (Wildman–Crippen LogP) is 1.31. The van der Waals surface area contributed by atoms with Crippen molar-refractivity contribution in [1.29, 1.82) is 0 Å². The number of nitrogens with zero attached hydrogens (tertiary/aromatic N) is 1. The van der Waals surface area contributed by atoms with Gasteiger partial charge in [0.15, 0.2) is 0 Å². The molecule has 0 atom stereocenters. The van der Waals surface area contributed by atoms with Gasteiger partial charge in [-0.2, -0.15) is 0 Å². The number of benzene rings is 1. The van der Waals surface area contributed by atoms with Crippen molar-refractivity contribution in [3.05, 3.63) is 63.5 Å². The maximum atomic E-state index is 12.0. The largest absolute Gasteiger partial charge is 0.357 e. The third-order valence-electron chi connectivity index (χ3n) is 2.88. The molecule has 0 aliphatic carbocycles. The summed E-state index contributed by atoms with van der Waals surface area (Å²) in [5.74, 6) is -1.15. The average molecular weight is 288 g/mol. The number of nitrogens with one attached hydrogen (secondary N) is 3. The van der Waals surface area contributed by atoms with Crippen molar-refractivity contribution in [2.45, 2.75) is 6.92 Å². The predicted molar refractivity (Wildman–Crippen MR) is 73.6 cm³/mol. The van der Waals surface area contributed by atoms with E-state index in [0.29, 0.717) is 0 Å². The van der Waals surface area contributed by atoms with Gasteiger partial charge in [0.25, 0.3) is 17.5 Å². The van der Waals surface area contributed by atoms with Crippen LogP contribution in [0.25, 0.3) is 0 Å². The van der Waals surface area contributed by atoms with Gasteiger partial charge in [0, 0.05) is 17.8 Å². The molecule has 8 nitrogen and oxygen atoms in total. The molecule has 0 saturated carbocycles. The topological polar surface area (TPSA) is 117 Å². The molecule has 1 aromatic heterocycles. The van der Waals surface area contributed by atoms with E-state index < -0.39 is 16.7 Å². The van der Waals surface area contributed by atoms with Crippen molar-refractivity contribution in [1.82, 2.24) is 15.8 Å². The first kappa shape index (κ1) is 14.3. The van der Waals surface area contributed by atoms with Gasteiger partial charge in [-0.3, -0.25) is 30.6 Å². The van der Waals surface area contributed by atoms with Gasteiger partial charge in [0.1, 0.15) is 5.69 Å². The lowest BCUT2D eigenvalue weighted by Crippen LogP contribution is -2.42. The minimum Gasteiger partial charge on any atom is -0.357 e. The number of H-pyrrole nitrogens is 1. The van der Waals surface area contributed by atoms with Gasteiger partial charge < -0.3 is 4.98 Å². The summed E-state index contributed by atoms with van der Waals surface area (Å²) in [6.45, 7) is 1.47. The maximum Gasteiger partial charge on any atom is 0.286 e. The molecule has 1 aromatic carbocycles. The van der Waals surface area contributed by atoms with E-state index in [1.54, 1.807) is 18.3 Å². The van der Waals surface area contributed by atoms with E-state index in [1.807, 2.05) is 0 Å². The second-order valence-corrected chi connectivity index (χ2v) is 4.20. The van der Waals surface area contributed by atoms with Gasteiger partial charge in [-0.25, -0.2) is 0 Å². The molecule has 2 aromatic rings. The van der Waals surface area contributed by atoms with Crippen LogP contribution in [0.1, 0.15) is 26.4 Å². The van der Waals surface area contributed by atoms with Crippen LogP contribution >= 0.6 is 0 Å². The molecule has 3 N–H and O–H groups in total. The fourth-order valence-corrected chi connectivity index (χ4v) is 1.79. The first-order valence-corrected chi connectivity index (χ1v) is 5.99. The van der Waals surface area contributed by atoms with Gasteiger partial charge in [-0.1, -0.05) is 6.07 Å². The van der Waals surface area contributed by atoms with Gasteiger partial charge in [0.2, 0.25) is 0 Å². The van der Waals surface area contributed by atoms with E-state index in [0.717, 1.165) is 0 Å². The quantitative estimate of drug-likeness (QED) is 0.583. The second-order valence-electron chi connectivity index (χ2n) is 4.20. The number of aromatic nitrogens is 1. The van der Waals surface area contributed by atoms with Gasteiger partial charge in [0.05, 0.1) is 10.5 Å². The number of carbonyl (C=O) groups is 2. The molecule has 108 valence electrons. The van der Waals surface area contributed by atoms with Crippen LogP contribution in [0.15, 0.2) is 36.5 Å². The first-order valence-electron chi connectivity index (χ1n) is 5.99. The SMILES string of the molecule is Cc1c(C(=O)NNC(=O)c2ccc[nH]2)cccc1[N+](=O)[O-]. The highest BCUT2D eigenvalue weighted by Gasteiger charge is 2.18. The van der Waals surface area contributed by atoms with Crippen molar-refractivity contribution >= 4 is 17.5 Å². The fourth-order valence-electron chi connectivity index (χ4n) is 1.79. The highest BCUT2D eigenvalue weighted by atomic mass is 16.6. The van der Waals surface area contributed by atoms with E-state index in [9.17, 15) is 19.7 Å². The molecule has 0 bridgehead atoms. The van der Waals surface area contributed by atoms with Crippen molar-refractivity contribution < 1.29 is 14.5 Å². The van der Waals surface area contributed by atoms with E-state index in [-0.39, 0.29) is 22.5 Å². The molecule has 0 saturated heterocycles. The smallest absolute Gasteiger partial charge is 0.286 e. The number of amides is 2. The fraction of sp³-hybridized carbons (Fsp3) is 0.0769. The van der Waals surface area contributed by atoms with Gasteiger partial charge in [-0.05, 0) is 25.1 Å². The number of carbonyl (C=O) groups excluding carboxylic acids is 2. The van der Waals surface area contributed by atoms with Crippen LogP contribution in [0.4, 0.5) is 5.69 Å². The normalized spacial score (nSPS) is 9.95. The summed E-state index contributed by atoms with van der Waals surface area (Å²) in [5.41, 5.74) is 4.91. The Balaban J connectivity index is 2.09. The zero-order valence-corrected chi connectivity index (χ0v) is 11.0. The zero-order chi connectivity index (χ0) is 15.4. The zero-order valence-electron chi connectivity index (χ0n) is 11.0. The Kier molecular flexibility index (Phi) is 3.98. The molecule has 0 radical (unpaired) electrons. The highest BCUT2D eigenvalue weighted by molar-refractivity contribution is 5.99. The molecule has 0 aliphatic rings. The lowest BCUT2D eigenvalue weighted by molar-refractivity contribution is -0.385. The number of nitro benzene ring substituents is 1. The molecule has 21 heavy (non-hydrogen) atoms. The number of hydrogen-bond donors (Lipinski definition) is 3. The van der Waals surface area contributed by atoms with Crippen LogP contribution in [-0.2, 0) is 0 Å². The van der Waals surface area contributed by atoms with Crippen molar-refractivity contribution in [2.24, 2.45) is 0 Å². The number of hydrogen-bond acceptors (Lipinski definition) is 4. The highest BCUT2D eigenvalue weighted by Crippen LogP contribution is 2.20. The Labute approximate surface area is 119 Å². The Hall–Kier alpha value is -3.16. The number of rotatable bonds is 3. The van der Waals surface area contributed by atoms with Crippen molar-refractivity contribution in [2.75, 3.05) is 0 Å². The Morgan fingerprint density at radius 3 is 2.48 bits per heavy atom. The molecule has 0 fully saturated rings. The minimum atomic E-state index is -0.629. The van der Waals surface area contributed by atoms with Crippen LogP contribution in [-0.4, -0.2) is 21.7 Å². The molecule has 0 aliphatic heterocycles. The molecule has 1 heterocycles. The van der Waals surface area contributed by atoms with E-state index in [4.69, 9.17) is 0 Å². The monoisotopic (exact) mass is 288 g/mol. The Morgan fingerprint density at radius 2 is 1.86 bits per heavy atom. The van der Waals surface area contributed by atoms with Gasteiger partial charge >= 0.3 is 0 Å². The number of hydrazine groups is 1. The summed E-state index contributed by atoms with van der Waals surface area (Å²) >= 11 is 0. The van der Waals surface area contributed by atoms with Crippen LogP contribution < -0.4 is 10.9 Å². The van der Waals surface area contributed by atoms with Crippen LogP contribution in [0.2, 0.25) is 0 Å². The minimum absolute atomic E-state index is 0.121. The van der Waals surface area contributed by atoms with Crippen molar-refractivity contribution in [3.8, 4) is 0 Å². The summed E-state index contributed by atoms with van der Waals surface area (Å²) in [4.78, 5) is 36.5. The summed E-state index contributed by atoms with van der Waals surface area (Å²) in [7, 11) is 0. The van der Waals surface area contributed by atoms with Crippen LogP contribution in [0.5, 0.6) is 0 Å². The molecular formula is C13H12N4O4. The third kappa shape index (κ3) is 3.06. The summed E-state index contributed by atoms with van der Waals surface area (Å²) in [5, 5.41) is 10.8. The molecule has 0 unspecified atom stereocenters.